The van der Waals surface area contributed by atoms with Gasteiger partial charge >= 0.3 is 5.69 Å². The summed E-state index contributed by atoms with van der Waals surface area (Å²) in [5, 5.41) is 5.97. The molecule has 2 N–H and O–H groups in total. The van der Waals surface area contributed by atoms with Gasteiger partial charge in [-0.25, -0.2) is 9.89 Å². The van der Waals surface area contributed by atoms with Gasteiger partial charge in [0.2, 0.25) is 5.82 Å². The quantitative estimate of drug-likeness (QED) is 0.863. The van der Waals surface area contributed by atoms with E-state index in [-0.39, 0.29) is 17.8 Å². The third-order valence-electron chi connectivity index (χ3n) is 4.37. The summed E-state index contributed by atoms with van der Waals surface area (Å²) in [4.78, 5) is 28.0. The molecule has 1 aromatic carbocycles. The monoisotopic (exact) mass is 330 g/mol. The van der Waals surface area contributed by atoms with Gasteiger partial charge in [-0.05, 0) is 30.5 Å². The Balaban J connectivity index is 1.62. The van der Waals surface area contributed by atoms with Gasteiger partial charge in [-0.3, -0.25) is 9.78 Å². The molecule has 0 radical (unpaired) electrons. The number of carbonyl (C=O) groups excluding carboxylic acids is 1. The van der Waals surface area contributed by atoms with E-state index in [1.165, 1.54) is 0 Å². The van der Waals surface area contributed by atoms with Crippen molar-refractivity contribution in [1.82, 2.24) is 20.1 Å². The van der Waals surface area contributed by atoms with Gasteiger partial charge in [-0.15, -0.1) is 5.10 Å². The van der Waals surface area contributed by atoms with Crippen molar-refractivity contribution in [3.63, 3.8) is 0 Å². The summed E-state index contributed by atoms with van der Waals surface area (Å²) in [6.45, 7) is 1.90. The minimum atomic E-state index is -0.482. The molecule has 8 heteroatoms. The molecule has 2 aliphatic heterocycles. The third kappa shape index (κ3) is 2.64. The molecule has 3 heterocycles. The first-order chi connectivity index (χ1) is 11.7. The lowest BCUT2D eigenvalue weighted by Crippen LogP contribution is -2.31. The smallest absolute Gasteiger partial charge is 0.341 e. The number of ether oxygens (including phenoxy) is 2. The predicted molar refractivity (Wildman–Crippen MR) is 84.3 cm³/mol. The van der Waals surface area contributed by atoms with Crippen LogP contribution >= 0.6 is 0 Å². The first-order valence-corrected chi connectivity index (χ1v) is 8.07. The second-order valence-electron chi connectivity index (χ2n) is 5.94. The van der Waals surface area contributed by atoms with Gasteiger partial charge in [0.25, 0.3) is 5.91 Å². The molecule has 1 amide bonds. The maximum absolute atomic E-state index is 12.6. The van der Waals surface area contributed by atoms with E-state index in [1.54, 1.807) is 4.90 Å². The van der Waals surface area contributed by atoms with E-state index < -0.39 is 5.69 Å². The van der Waals surface area contributed by atoms with Crippen LogP contribution in [0.1, 0.15) is 41.5 Å². The number of fused-ring (bicyclic) bond motifs is 1. The molecule has 0 saturated carbocycles. The SMILES string of the molecule is O=C(c1n[nH]c(=O)[nH]1)N1CCC[C@@H]1c1ccc2c(c1)OCCCO2. The number of hydrogen-bond donors (Lipinski definition) is 2. The number of carbonyl (C=O) groups is 1. The first-order valence-electron chi connectivity index (χ1n) is 8.07. The molecule has 0 unspecified atom stereocenters. The summed E-state index contributed by atoms with van der Waals surface area (Å²) in [6, 6.07) is 5.75. The zero-order valence-electron chi connectivity index (χ0n) is 13.1. The summed E-state index contributed by atoms with van der Waals surface area (Å²) in [5.74, 6) is 1.23. The molecular formula is C16H18N4O4. The minimum Gasteiger partial charge on any atom is -0.490 e. The van der Waals surface area contributed by atoms with Gasteiger partial charge in [0.05, 0.1) is 19.3 Å². The van der Waals surface area contributed by atoms with Crippen molar-refractivity contribution < 1.29 is 14.3 Å². The number of aromatic amines is 2. The maximum Gasteiger partial charge on any atom is 0.341 e. The van der Waals surface area contributed by atoms with Crippen molar-refractivity contribution in [2.24, 2.45) is 0 Å². The van der Waals surface area contributed by atoms with E-state index in [2.05, 4.69) is 15.2 Å². The largest absolute Gasteiger partial charge is 0.490 e. The van der Waals surface area contributed by atoms with E-state index in [0.29, 0.717) is 19.8 Å². The third-order valence-corrected chi connectivity index (χ3v) is 4.37. The van der Waals surface area contributed by atoms with E-state index in [4.69, 9.17) is 9.47 Å². The second kappa shape index (κ2) is 6.03. The van der Waals surface area contributed by atoms with Crippen LogP contribution in [0.2, 0.25) is 0 Å². The molecule has 0 spiro atoms. The highest BCUT2D eigenvalue weighted by molar-refractivity contribution is 5.90. The number of H-pyrrole nitrogens is 2. The molecule has 2 aromatic rings. The fourth-order valence-electron chi connectivity index (χ4n) is 3.25. The molecule has 0 bridgehead atoms. The molecule has 1 fully saturated rings. The van der Waals surface area contributed by atoms with Crippen LogP contribution in [0.4, 0.5) is 0 Å². The molecule has 8 nitrogen and oxygen atoms in total. The summed E-state index contributed by atoms with van der Waals surface area (Å²) in [6.07, 6.45) is 2.62. The average molecular weight is 330 g/mol. The van der Waals surface area contributed by atoms with Gasteiger partial charge in [-0.2, -0.15) is 0 Å². The van der Waals surface area contributed by atoms with Gasteiger partial charge in [-0.1, -0.05) is 6.07 Å². The van der Waals surface area contributed by atoms with E-state index in [0.717, 1.165) is 36.3 Å². The summed E-state index contributed by atoms with van der Waals surface area (Å²) >= 11 is 0. The van der Waals surface area contributed by atoms with Crippen LogP contribution in [0.15, 0.2) is 23.0 Å². The van der Waals surface area contributed by atoms with Crippen LogP contribution in [-0.2, 0) is 0 Å². The Morgan fingerprint density at radius 2 is 2.04 bits per heavy atom. The van der Waals surface area contributed by atoms with Crippen LogP contribution in [0.25, 0.3) is 0 Å². The molecule has 1 atom stereocenters. The number of hydrogen-bond acceptors (Lipinski definition) is 5. The number of amides is 1. The Labute approximate surface area is 137 Å². The Kier molecular flexibility index (Phi) is 3.72. The van der Waals surface area contributed by atoms with Crippen molar-refractivity contribution in [3.8, 4) is 11.5 Å². The number of nitrogens with one attached hydrogen (secondary N) is 2. The number of aromatic nitrogens is 3. The van der Waals surface area contributed by atoms with Crippen LogP contribution in [0, 0.1) is 0 Å². The summed E-state index contributed by atoms with van der Waals surface area (Å²) < 4.78 is 11.4. The molecule has 126 valence electrons. The minimum absolute atomic E-state index is 0.0428. The van der Waals surface area contributed by atoms with Crippen molar-refractivity contribution in [3.05, 3.63) is 40.1 Å². The number of rotatable bonds is 2. The van der Waals surface area contributed by atoms with Crippen molar-refractivity contribution >= 4 is 5.91 Å². The summed E-state index contributed by atoms with van der Waals surface area (Å²) in [7, 11) is 0. The zero-order chi connectivity index (χ0) is 16.5. The van der Waals surface area contributed by atoms with Gasteiger partial charge in [0.1, 0.15) is 0 Å². The molecule has 1 saturated heterocycles. The van der Waals surface area contributed by atoms with Crippen LogP contribution in [0.3, 0.4) is 0 Å². The number of nitrogens with zero attached hydrogens (tertiary/aromatic N) is 2. The Hall–Kier alpha value is -2.77. The van der Waals surface area contributed by atoms with E-state index in [9.17, 15) is 9.59 Å². The highest BCUT2D eigenvalue weighted by atomic mass is 16.5. The molecule has 1 aromatic heterocycles. The van der Waals surface area contributed by atoms with Crippen LogP contribution in [-0.4, -0.2) is 45.7 Å². The van der Waals surface area contributed by atoms with Crippen LogP contribution in [0.5, 0.6) is 11.5 Å². The summed E-state index contributed by atoms with van der Waals surface area (Å²) in [5.41, 5.74) is 0.521. The number of benzene rings is 1. The molecule has 2 aliphatic rings. The molecule has 24 heavy (non-hydrogen) atoms. The van der Waals surface area contributed by atoms with Crippen molar-refractivity contribution in [2.75, 3.05) is 19.8 Å². The standard InChI is InChI=1S/C16H18N4O4/c21-15(14-17-16(22)19-18-14)20-6-1-3-11(20)10-4-5-12-13(9-10)24-8-2-7-23-12/h4-5,9,11H,1-3,6-8H2,(H2,17,18,19,22)/t11-/m1/s1. The van der Waals surface area contributed by atoms with Crippen molar-refractivity contribution in [2.45, 2.75) is 25.3 Å². The van der Waals surface area contributed by atoms with Gasteiger partial charge in [0, 0.05) is 13.0 Å². The predicted octanol–water partition coefficient (Wildman–Crippen LogP) is 1.24. The second-order valence-corrected chi connectivity index (χ2v) is 5.94. The first kappa shape index (κ1) is 14.8. The lowest BCUT2D eigenvalue weighted by atomic mass is 10.0. The van der Waals surface area contributed by atoms with Gasteiger partial charge in [0.15, 0.2) is 11.5 Å². The van der Waals surface area contributed by atoms with Crippen LogP contribution < -0.4 is 15.2 Å². The van der Waals surface area contributed by atoms with E-state index >= 15 is 0 Å². The van der Waals surface area contributed by atoms with Crippen molar-refractivity contribution in [1.29, 1.82) is 0 Å². The lowest BCUT2D eigenvalue weighted by molar-refractivity contribution is 0.0723. The normalized spacial score (nSPS) is 20.0. The topological polar surface area (TPSA) is 100 Å². The molecule has 4 rings (SSSR count). The lowest BCUT2D eigenvalue weighted by Gasteiger charge is -2.24. The Bertz CT molecular complexity index is 812. The average Bonchev–Trinajstić information content (AvgIpc) is 3.18. The highest BCUT2D eigenvalue weighted by Crippen LogP contribution is 2.38. The Morgan fingerprint density at radius 1 is 1.21 bits per heavy atom. The Morgan fingerprint density at radius 3 is 2.83 bits per heavy atom. The molecule has 0 aliphatic carbocycles. The maximum atomic E-state index is 12.6. The fraction of sp³-hybridized carbons (Fsp3) is 0.438. The van der Waals surface area contributed by atoms with E-state index in [1.807, 2.05) is 18.2 Å². The number of likely N-dealkylation sites (tertiary alicyclic amines) is 1. The fourth-order valence-corrected chi connectivity index (χ4v) is 3.25. The highest BCUT2D eigenvalue weighted by Gasteiger charge is 2.32. The zero-order valence-corrected chi connectivity index (χ0v) is 13.1. The van der Waals surface area contributed by atoms with Gasteiger partial charge < -0.3 is 14.4 Å². The molecular weight excluding hydrogens is 312 g/mol.